The summed E-state index contributed by atoms with van der Waals surface area (Å²) in [7, 11) is 0. The van der Waals surface area contributed by atoms with Crippen molar-refractivity contribution in [2.24, 2.45) is 0 Å². The normalized spacial score (nSPS) is 15.7. The highest BCUT2D eigenvalue weighted by atomic mass is 19.4. The van der Waals surface area contributed by atoms with Crippen molar-refractivity contribution in [2.45, 2.75) is 32.0 Å². The van der Waals surface area contributed by atoms with Gasteiger partial charge in [-0.1, -0.05) is 25.5 Å². The van der Waals surface area contributed by atoms with Crippen molar-refractivity contribution in [1.29, 1.82) is 0 Å². The summed E-state index contributed by atoms with van der Waals surface area (Å²) in [5.74, 6) is 0. The standard InChI is InChI=1S/C7H11F3O/c1-2-3-4-5-6(11)7(8,9)10/h4-6,11H,2-3H2,1H3. The lowest BCUT2D eigenvalue weighted by atomic mass is 10.2. The molecule has 0 saturated heterocycles. The molecule has 1 nitrogen and oxygen atoms in total. The van der Waals surface area contributed by atoms with Crippen LogP contribution in [0.4, 0.5) is 13.2 Å². The Morgan fingerprint density at radius 2 is 2.00 bits per heavy atom. The van der Waals surface area contributed by atoms with Gasteiger partial charge in [-0.05, 0) is 6.42 Å². The van der Waals surface area contributed by atoms with Crippen LogP contribution < -0.4 is 0 Å². The summed E-state index contributed by atoms with van der Waals surface area (Å²) in [6, 6.07) is 0. The van der Waals surface area contributed by atoms with Gasteiger partial charge in [0, 0.05) is 0 Å². The zero-order valence-corrected chi connectivity index (χ0v) is 6.23. The van der Waals surface area contributed by atoms with E-state index >= 15 is 0 Å². The van der Waals surface area contributed by atoms with Crippen LogP contribution >= 0.6 is 0 Å². The lowest BCUT2D eigenvalue weighted by Gasteiger charge is -2.09. The second-order valence-corrected chi connectivity index (χ2v) is 2.20. The number of allylic oxidation sites excluding steroid dienone is 1. The summed E-state index contributed by atoms with van der Waals surface area (Å²) in [5, 5.41) is 8.40. The Hall–Kier alpha value is -0.510. The van der Waals surface area contributed by atoms with Gasteiger partial charge in [-0.15, -0.1) is 0 Å². The predicted molar refractivity (Wildman–Crippen MR) is 36.1 cm³/mol. The molecule has 0 rings (SSSR count). The third-order valence-corrected chi connectivity index (χ3v) is 1.11. The van der Waals surface area contributed by atoms with Gasteiger partial charge in [0.15, 0.2) is 6.10 Å². The van der Waals surface area contributed by atoms with Gasteiger partial charge in [0.05, 0.1) is 0 Å². The van der Waals surface area contributed by atoms with Crippen LogP contribution in [0.2, 0.25) is 0 Å². The van der Waals surface area contributed by atoms with E-state index in [1.807, 2.05) is 6.92 Å². The van der Waals surface area contributed by atoms with Crippen molar-refractivity contribution >= 4 is 0 Å². The molecule has 0 fully saturated rings. The van der Waals surface area contributed by atoms with Crippen molar-refractivity contribution in [2.75, 3.05) is 0 Å². The van der Waals surface area contributed by atoms with E-state index in [-0.39, 0.29) is 0 Å². The lowest BCUT2D eigenvalue weighted by molar-refractivity contribution is -0.187. The van der Waals surface area contributed by atoms with E-state index in [2.05, 4.69) is 0 Å². The average molecular weight is 168 g/mol. The molecular weight excluding hydrogens is 157 g/mol. The summed E-state index contributed by atoms with van der Waals surface area (Å²) in [5.41, 5.74) is 0. The molecule has 66 valence electrons. The highest BCUT2D eigenvalue weighted by molar-refractivity contribution is 4.91. The molecule has 0 aliphatic carbocycles. The van der Waals surface area contributed by atoms with Crippen LogP contribution in [-0.4, -0.2) is 17.4 Å². The van der Waals surface area contributed by atoms with Crippen molar-refractivity contribution in [3.05, 3.63) is 12.2 Å². The monoisotopic (exact) mass is 168 g/mol. The lowest BCUT2D eigenvalue weighted by Crippen LogP contribution is -2.25. The minimum absolute atomic E-state index is 0.563. The highest BCUT2D eigenvalue weighted by Crippen LogP contribution is 2.20. The molecular formula is C7H11F3O. The van der Waals surface area contributed by atoms with Crippen LogP contribution in [0, 0.1) is 0 Å². The molecule has 0 aliphatic rings. The number of hydrogen-bond acceptors (Lipinski definition) is 1. The Morgan fingerprint density at radius 1 is 1.45 bits per heavy atom. The molecule has 0 spiro atoms. The van der Waals surface area contributed by atoms with Gasteiger partial charge in [0.2, 0.25) is 0 Å². The Bertz CT molecular complexity index is 128. The summed E-state index contributed by atoms with van der Waals surface area (Å²) in [6.45, 7) is 1.85. The fourth-order valence-electron chi connectivity index (χ4n) is 0.501. The van der Waals surface area contributed by atoms with Crippen LogP contribution in [-0.2, 0) is 0 Å². The first-order chi connectivity index (χ1) is 4.98. The number of hydrogen-bond donors (Lipinski definition) is 1. The van der Waals surface area contributed by atoms with Crippen LogP contribution in [0.15, 0.2) is 12.2 Å². The number of aliphatic hydroxyl groups is 1. The summed E-state index contributed by atoms with van der Waals surface area (Å²) < 4.78 is 34.7. The molecule has 0 aliphatic heterocycles. The SMILES string of the molecule is CCCC=CC(O)C(F)(F)F. The molecule has 1 unspecified atom stereocenters. The maximum Gasteiger partial charge on any atom is 0.417 e. The van der Waals surface area contributed by atoms with E-state index in [0.29, 0.717) is 6.42 Å². The van der Waals surface area contributed by atoms with Gasteiger partial charge < -0.3 is 5.11 Å². The maximum atomic E-state index is 11.6. The summed E-state index contributed by atoms with van der Waals surface area (Å²) in [6.07, 6.45) is -3.39. The van der Waals surface area contributed by atoms with Crippen LogP contribution in [0.5, 0.6) is 0 Å². The van der Waals surface area contributed by atoms with Crippen LogP contribution in [0.25, 0.3) is 0 Å². The predicted octanol–water partition coefficient (Wildman–Crippen LogP) is 2.27. The fourth-order valence-corrected chi connectivity index (χ4v) is 0.501. The molecule has 1 N–H and O–H groups in total. The minimum atomic E-state index is -4.52. The molecule has 0 heterocycles. The molecule has 0 aromatic heterocycles. The highest BCUT2D eigenvalue weighted by Gasteiger charge is 2.35. The first-order valence-corrected chi connectivity index (χ1v) is 3.40. The smallest absolute Gasteiger partial charge is 0.380 e. The number of unbranched alkanes of at least 4 members (excludes halogenated alkanes) is 1. The van der Waals surface area contributed by atoms with Gasteiger partial charge >= 0.3 is 6.18 Å². The average Bonchev–Trinajstić information content (AvgIpc) is 1.86. The summed E-state index contributed by atoms with van der Waals surface area (Å²) >= 11 is 0. The zero-order valence-electron chi connectivity index (χ0n) is 6.23. The van der Waals surface area contributed by atoms with Gasteiger partial charge in [0.1, 0.15) is 0 Å². The molecule has 0 bridgehead atoms. The topological polar surface area (TPSA) is 20.2 Å². The minimum Gasteiger partial charge on any atom is -0.380 e. The van der Waals surface area contributed by atoms with Crippen molar-refractivity contribution in [3.8, 4) is 0 Å². The Balaban J connectivity index is 3.77. The molecule has 0 radical (unpaired) electrons. The van der Waals surface area contributed by atoms with E-state index in [1.54, 1.807) is 0 Å². The van der Waals surface area contributed by atoms with Gasteiger partial charge in [-0.25, -0.2) is 0 Å². The summed E-state index contributed by atoms with van der Waals surface area (Å²) in [4.78, 5) is 0. The van der Waals surface area contributed by atoms with Crippen LogP contribution in [0.3, 0.4) is 0 Å². The Kier molecular flexibility index (Phi) is 4.18. The molecule has 0 saturated carbocycles. The first kappa shape index (κ1) is 10.5. The van der Waals surface area contributed by atoms with E-state index in [0.717, 1.165) is 12.5 Å². The second-order valence-electron chi connectivity index (χ2n) is 2.20. The molecule has 11 heavy (non-hydrogen) atoms. The second kappa shape index (κ2) is 4.38. The van der Waals surface area contributed by atoms with Crippen molar-refractivity contribution < 1.29 is 18.3 Å². The number of alkyl halides is 3. The molecule has 1 atom stereocenters. The maximum absolute atomic E-state index is 11.6. The quantitative estimate of drug-likeness (QED) is 0.641. The largest absolute Gasteiger partial charge is 0.417 e. The molecule has 0 aromatic rings. The van der Waals surface area contributed by atoms with Crippen molar-refractivity contribution in [1.82, 2.24) is 0 Å². The van der Waals surface area contributed by atoms with E-state index < -0.39 is 12.3 Å². The Morgan fingerprint density at radius 3 is 2.36 bits per heavy atom. The third kappa shape index (κ3) is 4.84. The van der Waals surface area contributed by atoms with Crippen molar-refractivity contribution in [3.63, 3.8) is 0 Å². The number of aliphatic hydroxyl groups excluding tert-OH is 1. The molecule has 0 amide bonds. The first-order valence-electron chi connectivity index (χ1n) is 3.40. The van der Waals surface area contributed by atoms with E-state index in [4.69, 9.17) is 5.11 Å². The van der Waals surface area contributed by atoms with Gasteiger partial charge in [-0.3, -0.25) is 0 Å². The van der Waals surface area contributed by atoms with Crippen LogP contribution in [0.1, 0.15) is 19.8 Å². The van der Waals surface area contributed by atoms with E-state index in [9.17, 15) is 13.2 Å². The van der Waals surface area contributed by atoms with Gasteiger partial charge in [-0.2, -0.15) is 13.2 Å². The Labute approximate surface area is 63.5 Å². The zero-order chi connectivity index (χ0) is 8.91. The fraction of sp³-hybridized carbons (Fsp3) is 0.714. The number of rotatable bonds is 3. The molecule has 0 aromatic carbocycles. The van der Waals surface area contributed by atoms with E-state index in [1.165, 1.54) is 6.08 Å². The number of halogens is 3. The molecule has 4 heteroatoms. The van der Waals surface area contributed by atoms with Gasteiger partial charge in [0.25, 0.3) is 0 Å². The third-order valence-electron chi connectivity index (χ3n) is 1.11.